The maximum absolute atomic E-state index is 13.3. The van der Waals surface area contributed by atoms with Crippen LogP contribution in [-0.4, -0.2) is 37.1 Å². The number of nitrogens with zero attached hydrogens (tertiary/aromatic N) is 2. The number of carbonyl (C=O) groups is 1. The molecule has 7 nitrogen and oxygen atoms in total. The molecule has 154 valence electrons. The standard InChI is InChI=1S/C21H24FN3O4/c1-14(2)20(15-3-5-16(22)6-4-15)23-21(26)18-13-17(25(27)28)7-8-19(18)24-9-11-29-12-10-24/h3-8,13-14,20H,9-12H2,1-2H3,(H,23,26). The summed E-state index contributed by atoms with van der Waals surface area (Å²) in [6, 6.07) is 9.93. The lowest BCUT2D eigenvalue weighted by Gasteiger charge is -2.31. The minimum atomic E-state index is -0.514. The largest absolute Gasteiger partial charge is 0.378 e. The third-order valence-corrected chi connectivity index (χ3v) is 4.97. The number of benzene rings is 2. The van der Waals surface area contributed by atoms with Crippen LogP contribution >= 0.6 is 0 Å². The number of nitro benzene ring substituents is 1. The lowest BCUT2D eigenvalue weighted by atomic mass is 9.95. The summed E-state index contributed by atoms with van der Waals surface area (Å²) in [4.78, 5) is 25.9. The van der Waals surface area contributed by atoms with Crippen LogP contribution in [0.25, 0.3) is 0 Å². The van der Waals surface area contributed by atoms with E-state index < -0.39 is 10.8 Å². The Morgan fingerprint density at radius 2 is 1.83 bits per heavy atom. The van der Waals surface area contributed by atoms with Crippen molar-refractivity contribution in [3.63, 3.8) is 0 Å². The third-order valence-electron chi connectivity index (χ3n) is 4.97. The van der Waals surface area contributed by atoms with Gasteiger partial charge in [-0.25, -0.2) is 4.39 Å². The molecule has 8 heteroatoms. The van der Waals surface area contributed by atoms with E-state index in [-0.39, 0.29) is 29.0 Å². The summed E-state index contributed by atoms with van der Waals surface area (Å²) < 4.78 is 18.7. The van der Waals surface area contributed by atoms with Crippen molar-refractivity contribution in [2.75, 3.05) is 31.2 Å². The van der Waals surface area contributed by atoms with Gasteiger partial charge >= 0.3 is 0 Å². The van der Waals surface area contributed by atoms with E-state index in [2.05, 4.69) is 5.32 Å². The first-order valence-electron chi connectivity index (χ1n) is 9.54. The highest BCUT2D eigenvalue weighted by Crippen LogP contribution is 2.28. The zero-order valence-electron chi connectivity index (χ0n) is 16.4. The molecule has 0 radical (unpaired) electrons. The fourth-order valence-electron chi connectivity index (χ4n) is 3.42. The van der Waals surface area contributed by atoms with E-state index in [0.29, 0.717) is 32.0 Å². The molecule has 0 bridgehead atoms. The Bertz CT molecular complexity index is 880. The highest BCUT2D eigenvalue weighted by Gasteiger charge is 2.25. The molecule has 0 saturated carbocycles. The van der Waals surface area contributed by atoms with Gasteiger partial charge in [-0.05, 0) is 29.7 Å². The van der Waals surface area contributed by atoms with Gasteiger partial charge in [-0.3, -0.25) is 14.9 Å². The molecule has 1 saturated heterocycles. The fourth-order valence-corrected chi connectivity index (χ4v) is 3.42. The van der Waals surface area contributed by atoms with Gasteiger partial charge in [0.25, 0.3) is 11.6 Å². The number of rotatable bonds is 6. The Hall–Kier alpha value is -3.00. The molecule has 2 aromatic rings. The second kappa shape index (κ2) is 9.00. The van der Waals surface area contributed by atoms with Crippen molar-refractivity contribution in [1.82, 2.24) is 5.32 Å². The Balaban J connectivity index is 1.93. The first-order chi connectivity index (χ1) is 13.9. The maximum atomic E-state index is 13.3. The van der Waals surface area contributed by atoms with Crippen LogP contribution in [0.2, 0.25) is 0 Å². The van der Waals surface area contributed by atoms with E-state index in [9.17, 15) is 19.3 Å². The number of hydrogen-bond donors (Lipinski definition) is 1. The van der Waals surface area contributed by atoms with Gasteiger partial charge in [0, 0.05) is 25.2 Å². The van der Waals surface area contributed by atoms with Crippen molar-refractivity contribution in [3.8, 4) is 0 Å². The number of morpholine rings is 1. The van der Waals surface area contributed by atoms with Gasteiger partial charge in [-0.1, -0.05) is 26.0 Å². The summed E-state index contributed by atoms with van der Waals surface area (Å²) in [5.41, 5.74) is 1.51. The topological polar surface area (TPSA) is 84.7 Å². The number of carbonyl (C=O) groups excluding carboxylic acids is 1. The predicted molar refractivity (Wildman–Crippen MR) is 108 cm³/mol. The molecule has 2 aromatic carbocycles. The molecular formula is C21H24FN3O4. The summed E-state index contributed by atoms with van der Waals surface area (Å²) in [5.74, 6) is -0.718. The molecular weight excluding hydrogens is 377 g/mol. The van der Waals surface area contributed by atoms with E-state index in [0.717, 1.165) is 5.56 Å². The molecule has 1 aliphatic rings. The number of halogens is 1. The number of non-ortho nitro benzene ring substituents is 1. The second-order valence-electron chi connectivity index (χ2n) is 7.30. The van der Waals surface area contributed by atoms with Crippen molar-refractivity contribution in [3.05, 3.63) is 69.5 Å². The lowest BCUT2D eigenvalue weighted by molar-refractivity contribution is -0.384. The van der Waals surface area contributed by atoms with Crippen molar-refractivity contribution < 1.29 is 18.8 Å². The highest BCUT2D eigenvalue weighted by atomic mass is 19.1. The smallest absolute Gasteiger partial charge is 0.270 e. The van der Waals surface area contributed by atoms with E-state index in [1.165, 1.54) is 24.3 Å². The quantitative estimate of drug-likeness (QED) is 0.589. The number of hydrogen-bond acceptors (Lipinski definition) is 5. The van der Waals surface area contributed by atoms with Gasteiger partial charge in [0.1, 0.15) is 5.82 Å². The molecule has 1 heterocycles. The SMILES string of the molecule is CC(C)C(NC(=O)c1cc([N+](=O)[O-])ccc1N1CCOCC1)c1ccc(F)cc1. The molecule has 0 aliphatic carbocycles. The van der Waals surface area contributed by atoms with Crippen LogP contribution in [0, 0.1) is 21.8 Å². The summed E-state index contributed by atoms with van der Waals surface area (Å²) in [5, 5.41) is 14.2. The Morgan fingerprint density at radius 1 is 1.17 bits per heavy atom. The first-order valence-corrected chi connectivity index (χ1v) is 9.54. The summed E-state index contributed by atoms with van der Waals surface area (Å²) in [7, 11) is 0. The van der Waals surface area contributed by atoms with E-state index in [1.807, 2.05) is 18.7 Å². The number of amides is 1. The number of ether oxygens (including phenoxy) is 1. The number of nitrogens with one attached hydrogen (secondary N) is 1. The third kappa shape index (κ3) is 4.89. The van der Waals surface area contributed by atoms with Crippen LogP contribution in [0.4, 0.5) is 15.8 Å². The number of nitro groups is 1. The zero-order chi connectivity index (χ0) is 21.0. The summed E-state index contributed by atoms with van der Waals surface area (Å²) in [6.07, 6.45) is 0. The van der Waals surface area contributed by atoms with Crippen LogP contribution in [0.5, 0.6) is 0 Å². The maximum Gasteiger partial charge on any atom is 0.270 e. The van der Waals surface area contributed by atoms with E-state index in [1.54, 1.807) is 18.2 Å². The van der Waals surface area contributed by atoms with Crippen molar-refractivity contribution in [2.45, 2.75) is 19.9 Å². The molecule has 1 N–H and O–H groups in total. The first kappa shape index (κ1) is 20.7. The Kier molecular flexibility index (Phi) is 6.43. The molecule has 1 fully saturated rings. The second-order valence-corrected chi connectivity index (χ2v) is 7.30. The van der Waals surface area contributed by atoms with Gasteiger partial charge in [0.05, 0.1) is 35.4 Å². The van der Waals surface area contributed by atoms with E-state index in [4.69, 9.17) is 4.74 Å². The van der Waals surface area contributed by atoms with Crippen LogP contribution in [0.15, 0.2) is 42.5 Å². The fraction of sp³-hybridized carbons (Fsp3) is 0.381. The van der Waals surface area contributed by atoms with E-state index >= 15 is 0 Å². The minimum absolute atomic E-state index is 0.0370. The summed E-state index contributed by atoms with van der Waals surface area (Å²) in [6.45, 7) is 6.16. The average molecular weight is 401 g/mol. The lowest BCUT2D eigenvalue weighted by Crippen LogP contribution is -2.38. The molecule has 1 atom stereocenters. The average Bonchev–Trinajstić information content (AvgIpc) is 2.72. The summed E-state index contributed by atoms with van der Waals surface area (Å²) >= 11 is 0. The number of anilines is 1. The predicted octanol–water partition coefficient (Wildman–Crippen LogP) is 3.70. The minimum Gasteiger partial charge on any atom is -0.378 e. The Labute approximate surface area is 168 Å². The van der Waals surface area contributed by atoms with Crippen molar-refractivity contribution in [2.24, 2.45) is 5.92 Å². The van der Waals surface area contributed by atoms with Gasteiger partial charge in [0.2, 0.25) is 0 Å². The normalized spacial score (nSPS) is 15.2. The van der Waals surface area contributed by atoms with Crippen LogP contribution in [-0.2, 0) is 4.74 Å². The zero-order valence-corrected chi connectivity index (χ0v) is 16.4. The van der Waals surface area contributed by atoms with Gasteiger partial charge in [0.15, 0.2) is 0 Å². The Morgan fingerprint density at radius 3 is 2.41 bits per heavy atom. The molecule has 0 aromatic heterocycles. The van der Waals surface area contributed by atoms with Gasteiger partial charge < -0.3 is 15.0 Å². The van der Waals surface area contributed by atoms with Crippen molar-refractivity contribution >= 4 is 17.3 Å². The van der Waals surface area contributed by atoms with Crippen LogP contribution in [0.1, 0.15) is 35.8 Å². The molecule has 1 aliphatic heterocycles. The molecule has 0 spiro atoms. The monoisotopic (exact) mass is 401 g/mol. The van der Waals surface area contributed by atoms with Crippen LogP contribution < -0.4 is 10.2 Å². The molecule has 29 heavy (non-hydrogen) atoms. The molecule has 3 rings (SSSR count). The molecule has 1 unspecified atom stereocenters. The van der Waals surface area contributed by atoms with Gasteiger partial charge in [-0.2, -0.15) is 0 Å². The van der Waals surface area contributed by atoms with Gasteiger partial charge in [-0.15, -0.1) is 0 Å². The van der Waals surface area contributed by atoms with Crippen molar-refractivity contribution in [1.29, 1.82) is 0 Å². The molecule has 1 amide bonds. The van der Waals surface area contributed by atoms with Crippen LogP contribution in [0.3, 0.4) is 0 Å². The highest BCUT2D eigenvalue weighted by molar-refractivity contribution is 6.00.